The van der Waals surface area contributed by atoms with Gasteiger partial charge in [0, 0.05) is 0 Å². The average molecular weight is 286 g/mol. The molecule has 0 spiro atoms. The molecule has 1 aromatic carbocycles. The molecule has 1 N–H and O–H groups in total. The quantitative estimate of drug-likeness (QED) is 0.836. The molecule has 0 atom stereocenters. The number of aliphatic hydroxyl groups excluding tert-OH is 1. The van der Waals surface area contributed by atoms with Crippen LogP contribution in [0.2, 0.25) is 0 Å². The maximum Gasteiger partial charge on any atom is 0.0720 e. The summed E-state index contributed by atoms with van der Waals surface area (Å²) in [5.41, 5.74) is 4.58. The third-order valence-corrected chi connectivity index (χ3v) is 4.92. The first-order valence-corrected chi connectivity index (χ1v) is 8.34. The molecular formula is C19H26O2. The molecule has 0 bridgehead atoms. The summed E-state index contributed by atoms with van der Waals surface area (Å²) in [5, 5.41) is 9.60. The van der Waals surface area contributed by atoms with E-state index in [2.05, 4.69) is 24.3 Å². The minimum atomic E-state index is -0.0557. The number of ether oxygens (including phenoxy) is 1. The van der Waals surface area contributed by atoms with Gasteiger partial charge in [-0.2, -0.15) is 0 Å². The Bertz CT molecular complexity index is 458. The predicted octanol–water partition coefficient (Wildman–Crippen LogP) is 4.38. The molecule has 114 valence electrons. The molecule has 2 aliphatic carbocycles. The molecule has 0 heterocycles. The fraction of sp³-hybridized carbons (Fsp3) is 0.579. The lowest BCUT2D eigenvalue weighted by Crippen LogP contribution is -2.20. The molecule has 0 aliphatic heterocycles. The van der Waals surface area contributed by atoms with Crippen LogP contribution in [-0.2, 0) is 11.3 Å². The summed E-state index contributed by atoms with van der Waals surface area (Å²) in [7, 11) is 0. The number of aliphatic hydroxyl groups is 1. The lowest BCUT2D eigenvalue weighted by Gasteiger charge is -2.29. The van der Waals surface area contributed by atoms with Crippen molar-refractivity contribution in [2.45, 2.75) is 70.2 Å². The van der Waals surface area contributed by atoms with Crippen LogP contribution in [0.1, 0.15) is 56.9 Å². The molecule has 0 radical (unpaired) electrons. The highest BCUT2D eigenvalue weighted by atomic mass is 16.5. The average Bonchev–Trinajstić information content (AvgIpc) is 2.55. The summed E-state index contributed by atoms with van der Waals surface area (Å²) >= 11 is 0. The minimum Gasteiger partial charge on any atom is -0.393 e. The second-order valence-corrected chi connectivity index (χ2v) is 6.43. The Morgan fingerprint density at radius 1 is 0.857 bits per heavy atom. The summed E-state index contributed by atoms with van der Waals surface area (Å²) < 4.78 is 6.06. The molecule has 0 unspecified atom stereocenters. The van der Waals surface area contributed by atoms with E-state index >= 15 is 0 Å². The number of hydrogen-bond acceptors (Lipinski definition) is 2. The van der Waals surface area contributed by atoms with E-state index in [-0.39, 0.29) is 6.10 Å². The highest BCUT2D eigenvalue weighted by Gasteiger charge is 2.22. The van der Waals surface area contributed by atoms with E-state index < -0.39 is 0 Å². The van der Waals surface area contributed by atoms with Crippen molar-refractivity contribution in [3.05, 3.63) is 47.0 Å². The molecule has 0 aromatic heterocycles. The van der Waals surface area contributed by atoms with Crippen molar-refractivity contribution < 1.29 is 9.84 Å². The van der Waals surface area contributed by atoms with Crippen LogP contribution >= 0.6 is 0 Å². The number of hydrogen-bond donors (Lipinski definition) is 1. The Kier molecular flexibility index (Phi) is 5.10. The van der Waals surface area contributed by atoms with E-state index in [9.17, 15) is 5.11 Å². The van der Waals surface area contributed by atoms with Crippen molar-refractivity contribution in [1.82, 2.24) is 0 Å². The van der Waals surface area contributed by atoms with Gasteiger partial charge in [0.1, 0.15) is 0 Å². The Balaban J connectivity index is 1.46. The van der Waals surface area contributed by atoms with Crippen LogP contribution in [0.25, 0.3) is 0 Å². The normalized spacial score (nSPS) is 26.9. The fourth-order valence-corrected chi connectivity index (χ4v) is 3.55. The molecular weight excluding hydrogens is 260 g/mol. The van der Waals surface area contributed by atoms with Crippen LogP contribution in [-0.4, -0.2) is 17.3 Å². The minimum absolute atomic E-state index is 0.0557. The molecule has 2 saturated carbocycles. The van der Waals surface area contributed by atoms with Crippen LogP contribution in [0.3, 0.4) is 0 Å². The smallest absolute Gasteiger partial charge is 0.0720 e. The number of rotatable bonds is 3. The first kappa shape index (κ1) is 14.8. The molecule has 3 rings (SSSR count). The molecule has 2 fully saturated rings. The second-order valence-electron chi connectivity index (χ2n) is 6.43. The Morgan fingerprint density at radius 2 is 1.43 bits per heavy atom. The van der Waals surface area contributed by atoms with Crippen LogP contribution in [0.15, 0.2) is 41.5 Å². The molecule has 1 aromatic rings. The first-order valence-electron chi connectivity index (χ1n) is 8.34. The summed E-state index contributed by atoms with van der Waals surface area (Å²) in [5.74, 6) is 0. The van der Waals surface area contributed by atoms with E-state index in [1.165, 1.54) is 18.4 Å². The summed E-state index contributed by atoms with van der Waals surface area (Å²) in [6.45, 7) is 0.740. The van der Waals surface area contributed by atoms with Crippen LogP contribution in [0.5, 0.6) is 0 Å². The van der Waals surface area contributed by atoms with Crippen molar-refractivity contribution in [3.8, 4) is 0 Å². The van der Waals surface area contributed by atoms with Gasteiger partial charge >= 0.3 is 0 Å². The van der Waals surface area contributed by atoms with Gasteiger partial charge in [-0.25, -0.2) is 0 Å². The van der Waals surface area contributed by atoms with Crippen molar-refractivity contribution in [2.75, 3.05) is 0 Å². The molecule has 0 amide bonds. The fourth-order valence-electron chi connectivity index (χ4n) is 3.55. The van der Waals surface area contributed by atoms with Gasteiger partial charge in [0.2, 0.25) is 0 Å². The third-order valence-electron chi connectivity index (χ3n) is 4.92. The lowest BCUT2D eigenvalue weighted by atomic mass is 9.82. The van der Waals surface area contributed by atoms with Gasteiger partial charge in [-0.05, 0) is 56.9 Å². The highest BCUT2D eigenvalue weighted by molar-refractivity contribution is 5.18. The zero-order chi connectivity index (χ0) is 14.5. The van der Waals surface area contributed by atoms with E-state index in [0.29, 0.717) is 6.10 Å². The SMILES string of the molecule is OC1CCC(=C2CCC(OCc3ccccc3)CC2)CC1. The van der Waals surface area contributed by atoms with Crippen LogP contribution < -0.4 is 0 Å². The molecule has 2 nitrogen and oxygen atoms in total. The van der Waals surface area contributed by atoms with Gasteiger partial charge in [0.25, 0.3) is 0 Å². The van der Waals surface area contributed by atoms with E-state index in [1.54, 1.807) is 11.1 Å². The topological polar surface area (TPSA) is 29.5 Å². The molecule has 2 heteroatoms. The standard InChI is InChI=1S/C19H26O2/c20-18-10-6-16(7-11-18)17-8-12-19(13-9-17)21-14-15-4-2-1-3-5-15/h1-5,18-20H,6-14H2. The van der Waals surface area contributed by atoms with Crippen molar-refractivity contribution >= 4 is 0 Å². The van der Waals surface area contributed by atoms with E-state index in [1.807, 2.05) is 6.07 Å². The maximum absolute atomic E-state index is 9.60. The van der Waals surface area contributed by atoms with Gasteiger partial charge in [0.05, 0.1) is 18.8 Å². The summed E-state index contributed by atoms with van der Waals surface area (Å²) in [6.07, 6.45) is 9.25. The van der Waals surface area contributed by atoms with Crippen LogP contribution in [0.4, 0.5) is 0 Å². The van der Waals surface area contributed by atoms with Crippen molar-refractivity contribution in [2.24, 2.45) is 0 Å². The maximum atomic E-state index is 9.60. The molecule has 21 heavy (non-hydrogen) atoms. The number of allylic oxidation sites excluding steroid dienone is 2. The summed E-state index contributed by atoms with van der Waals surface area (Å²) in [4.78, 5) is 0. The highest BCUT2D eigenvalue weighted by Crippen LogP contribution is 2.34. The van der Waals surface area contributed by atoms with Gasteiger partial charge in [-0.15, -0.1) is 0 Å². The van der Waals surface area contributed by atoms with Gasteiger partial charge < -0.3 is 9.84 Å². The predicted molar refractivity (Wildman–Crippen MR) is 85.0 cm³/mol. The van der Waals surface area contributed by atoms with Crippen molar-refractivity contribution in [3.63, 3.8) is 0 Å². The lowest BCUT2D eigenvalue weighted by molar-refractivity contribution is 0.0232. The Morgan fingerprint density at radius 3 is 2.05 bits per heavy atom. The number of benzene rings is 1. The monoisotopic (exact) mass is 286 g/mol. The first-order chi connectivity index (χ1) is 10.3. The van der Waals surface area contributed by atoms with Crippen molar-refractivity contribution in [1.29, 1.82) is 0 Å². The van der Waals surface area contributed by atoms with Gasteiger partial charge in [-0.1, -0.05) is 41.5 Å². The zero-order valence-electron chi connectivity index (χ0n) is 12.8. The summed E-state index contributed by atoms with van der Waals surface area (Å²) in [6, 6.07) is 10.4. The Hall–Kier alpha value is -1.12. The second kappa shape index (κ2) is 7.24. The van der Waals surface area contributed by atoms with E-state index in [0.717, 1.165) is 45.1 Å². The van der Waals surface area contributed by atoms with Gasteiger partial charge in [-0.3, -0.25) is 0 Å². The van der Waals surface area contributed by atoms with Gasteiger partial charge in [0.15, 0.2) is 0 Å². The third kappa shape index (κ3) is 4.18. The largest absolute Gasteiger partial charge is 0.393 e. The van der Waals surface area contributed by atoms with E-state index in [4.69, 9.17) is 4.74 Å². The molecule has 2 aliphatic rings. The zero-order valence-corrected chi connectivity index (χ0v) is 12.8. The Labute approximate surface area is 127 Å². The molecule has 0 saturated heterocycles. The van der Waals surface area contributed by atoms with Crippen LogP contribution in [0, 0.1) is 0 Å².